The van der Waals surface area contributed by atoms with Crippen molar-refractivity contribution in [3.63, 3.8) is 0 Å². The maximum Gasteiger partial charge on any atom is 0.331 e. The predicted octanol–water partition coefficient (Wildman–Crippen LogP) is 3.48. The second kappa shape index (κ2) is 9.25. The number of amides is 1. The van der Waals surface area contributed by atoms with Crippen LogP contribution in [0.3, 0.4) is 0 Å². The maximum atomic E-state index is 12.9. The molecule has 0 bridgehead atoms. The Bertz CT molecular complexity index is 1380. The SMILES string of the molecule is COC(=O)C1(NC(=O)C2CC(Oc3cc(-c4nc(C5CC5)cs4)nc4c(C)c(OC)ccc34)CN2)CC1. The normalized spacial score (nSPS) is 22.0. The minimum Gasteiger partial charge on any atom is -0.496 e. The highest BCUT2D eigenvalue weighted by Gasteiger charge is 2.53. The van der Waals surface area contributed by atoms with Crippen LogP contribution in [0.4, 0.5) is 0 Å². The lowest BCUT2D eigenvalue weighted by Gasteiger charge is -2.19. The number of ether oxygens (including phenoxy) is 3. The molecule has 0 spiro atoms. The molecule has 0 radical (unpaired) electrons. The van der Waals surface area contributed by atoms with Crippen LogP contribution in [0, 0.1) is 6.92 Å². The fourth-order valence-corrected chi connectivity index (χ4v) is 5.83. The quantitative estimate of drug-likeness (QED) is 0.433. The average Bonchev–Trinajstić information content (AvgIpc) is 3.80. The molecule has 194 valence electrons. The molecule has 6 rings (SSSR count). The fraction of sp³-hybridized carbons (Fsp3) is 0.481. The van der Waals surface area contributed by atoms with E-state index in [4.69, 9.17) is 24.2 Å². The lowest BCUT2D eigenvalue weighted by molar-refractivity contribution is -0.146. The summed E-state index contributed by atoms with van der Waals surface area (Å²) in [5.74, 6) is 1.45. The zero-order chi connectivity index (χ0) is 25.7. The number of nitrogens with one attached hydrogen (secondary N) is 2. The number of esters is 1. The van der Waals surface area contributed by atoms with Crippen molar-refractivity contribution in [2.24, 2.45) is 0 Å². The molecule has 3 fully saturated rings. The molecule has 3 aliphatic rings. The van der Waals surface area contributed by atoms with Crippen molar-refractivity contribution >= 4 is 34.1 Å². The van der Waals surface area contributed by atoms with Gasteiger partial charge in [0.2, 0.25) is 5.91 Å². The van der Waals surface area contributed by atoms with Crippen molar-refractivity contribution < 1.29 is 23.8 Å². The number of hydrogen-bond donors (Lipinski definition) is 2. The Morgan fingerprint density at radius 3 is 2.68 bits per heavy atom. The maximum absolute atomic E-state index is 12.9. The van der Waals surface area contributed by atoms with Crippen molar-refractivity contribution in [1.29, 1.82) is 0 Å². The van der Waals surface area contributed by atoms with Gasteiger partial charge in [0.1, 0.15) is 33.8 Å². The highest BCUT2D eigenvalue weighted by molar-refractivity contribution is 7.13. The van der Waals surface area contributed by atoms with Crippen LogP contribution in [0.2, 0.25) is 0 Å². The third-order valence-electron chi connectivity index (χ3n) is 7.49. The summed E-state index contributed by atoms with van der Waals surface area (Å²) in [7, 11) is 2.99. The Balaban J connectivity index is 1.25. The summed E-state index contributed by atoms with van der Waals surface area (Å²) in [6, 6.07) is 5.39. The van der Waals surface area contributed by atoms with E-state index < -0.39 is 11.6 Å². The van der Waals surface area contributed by atoms with Gasteiger partial charge in [-0.05, 0) is 44.7 Å². The topological polar surface area (TPSA) is 112 Å². The Hall–Kier alpha value is -3.24. The monoisotopic (exact) mass is 522 g/mol. The lowest BCUT2D eigenvalue weighted by atomic mass is 10.1. The molecule has 37 heavy (non-hydrogen) atoms. The van der Waals surface area contributed by atoms with Crippen LogP contribution in [-0.2, 0) is 14.3 Å². The summed E-state index contributed by atoms with van der Waals surface area (Å²) < 4.78 is 16.9. The van der Waals surface area contributed by atoms with E-state index in [0.29, 0.717) is 37.5 Å². The number of benzene rings is 1. The van der Waals surface area contributed by atoms with Crippen molar-refractivity contribution in [1.82, 2.24) is 20.6 Å². The zero-order valence-corrected chi connectivity index (χ0v) is 21.9. The van der Waals surface area contributed by atoms with Gasteiger partial charge in [-0.25, -0.2) is 14.8 Å². The number of hydrogen-bond acceptors (Lipinski definition) is 9. The minimum atomic E-state index is -0.869. The number of carbonyl (C=O) groups is 2. The number of thiazole rings is 1. The second-order valence-electron chi connectivity index (χ2n) is 10.1. The Kier molecular flexibility index (Phi) is 6.03. The number of carbonyl (C=O) groups excluding carboxylic acids is 2. The molecule has 1 amide bonds. The molecule has 3 aromatic rings. The van der Waals surface area contributed by atoms with Crippen LogP contribution in [0.15, 0.2) is 23.6 Å². The summed E-state index contributed by atoms with van der Waals surface area (Å²) in [5, 5.41) is 10.0. The molecule has 9 nitrogen and oxygen atoms in total. The third-order valence-corrected chi connectivity index (χ3v) is 8.38. The van der Waals surface area contributed by atoms with Crippen LogP contribution in [0.5, 0.6) is 11.5 Å². The van der Waals surface area contributed by atoms with Crippen LogP contribution in [-0.4, -0.2) is 60.3 Å². The number of pyridine rings is 1. The van der Waals surface area contributed by atoms with E-state index in [2.05, 4.69) is 16.0 Å². The van der Waals surface area contributed by atoms with Gasteiger partial charge in [0.25, 0.3) is 0 Å². The van der Waals surface area contributed by atoms with E-state index in [0.717, 1.165) is 38.6 Å². The Morgan fingerprint density at radius 1 is 1.16 bits per heavy atom. The number of fused-ring (bicyclic) bond motifs is 1. The van der Waals surface area contributed by atoms with Crippen LogP contribution < -0.4 is 20.1 Å². The molecule has 3 heterocycles. The van der Waals surface area contributed by atoms with E-state index >= 15 is 0 Å². The van der Waals surface area contributed by atoms with Gasteiger partial charge in [-0.3, -0.25) is 4.79 Å². The van der Waals surface area contributed by atoms with E-state index in [1.807, 2.05) is 25.1 Å². The smallest absolute Gasteiger partial charge is 0.331 e. The highest BCUT2D eigenvalue weighted by Crippen LogP contribution is 2.42. The van der Waals surface area contributed by atoms with Crippen LogP contribution >= 0.6 is 11.3 Å². The molecule has 2 N–H and O–H groups in total. The first-order chi connectivity index (χ1) is 17.9. The molecule has 2 unspecified atom stereocenters. The van der Waals surface area contributed by atoms with Gasteiger partial charge < -0.3 is 24.8 Å². The van der Waals surface area contributed by atoms with Crippen molar-refractivity contribution in [3.05, 3.63) is 34.8 Å². The second-order valence-corrected chi connectivity index (χ2v) is 11.0. The van der Waals surface area contributed by atoms with Gasteiger partial charge in [-0.15, -0.1) is 11.3 Å². The summed E-state index contributed by atoms with van der Waals surface area (Å²) in [6.07, 6.45) is 3.87. The molecule has 1 aliphatic heterocycles. The van der Waals surface area contributed by atoms with Crippen molar-refractivity contribution in [2.75, 3.05) is 20.8 Å². The number of aromatic nitrogens is 2. The van der Waals surface area contributed by atoms with E-state index in [-0.39, 0.29) is 18.0 Å². The molecule has 2 saturated carbocycles. The summed E-state index contributed by atoms with van der Waals surface area (Å²) >= 11 is 1.60. The number of nitrogens with zero attached hydrogens (tertiary/aromatic N) is 2. The van der Waals surface area contributed by atoms with Crippen molar-refractivity contribution in [3.8, 4) is 22.2 Å². The van der Waals surface area contributed by atoms with E-state index in [9.17, 15) is 9.59 Å². The molecule has 2 aliphatic carbocycles. The first kappa shape index (κ1) is 24.1. The molecule has 1 saturated heterocycles. The molecule has 2 aromatic heterocycles. The molecule has 2 atom stereocenters. The van der Waals surface area contributed by atoms with Crippen LogP contribution in [0.25, 0.3) is 21.6 Å². The molecular formula is C27H30N4O5S. The molecule has 1 aromatic carbocycles. The highest BCUT2D eigenvalue weighted by atomic mass is 32.1. The zero-order valence-electron chi connectivity index (χ0n) is 21.1. The summed E-state index contributed by atoms with van der Waals surface area (Å²) in [4.78, 5) is 34.7. The van der Waals surface area contributed by atoms with Crippen molar-refractivity contribution in [2.45, 2.75) is 62.6 Å². The predicted molar refractivity (Wildman–Crippen MR) is 139 cm³/mol. The first-order valence-corrected chi connectivity index (χ1v) is 13.5. The number of methoxy groups -OCH3 is 2. The van der Waals surface area contributed by atoms with Gasteiger partial charge in [0.15, 0.2) is 0 Å². The summed E-state index contributed by atoms with van der Waals surface area (Å²) in [6.45, 7) is 2.51. The standard InChI is InChI=1S/C27H30N4O5S/c1-14-21(34-2)7-6-17-22(11-19(29-23(14)17)25-30-20(13-37-25)15-4-5-15)36-16-10-18(28-12-16)24(32)31-27(8-9-27)26(33)35-3/h6-7,11,13,15-16,18,28H,4-5,8-10,12H2,1-3H3,(H,31,32). The lowest BCUT2D eigenvalue weighted by Crippen LogP contribution is -2.50. The fourth-order valence-electron chi connectivity index (χ4n) is 4.97. The average molecular weight is 523 g/mol. The number of aryl methyl sites for hydroxylation is 1. The van der Waals surface area contributed by atoms with Gasteiger partial charge in [0, 0.05) is 41.3 Å². The van der Waals surface area contributed by atoms with Gasteiger partial charge >= 0.3 is 5.97 Å². The Labute approximate surface area is 218 Å². The van der Waals surface area contributed by atoms with E-state index in [1.165, 1.54) is 20.0 Å². The van der Waals surface area contributed by atoms with Gasteiger partial charge in [-0.2, -0.15) is 0 Å². The minimum absolute atomic E-state index is 0.203. The third kappa shape index (κ3) is 4.53. The largest absolute Gasteiger partial charge is 0.496 e. The molecular weight excluding hydrogens is 492 g/mol. The first-order valence-electron chi connectivity index (χ1n) is 12.7. The molecule has 10 heteroatoms. The van der Waals surface area contributed by atoms with Gasteiger partial charge in [-0.1, -0.05) is 0 Å². The van der Waals surface area contributed by atoms with Crippen LogP contribution in [0.1, 0.15) is 49.3 Å². The van der Waals surface area contributed by atoms with E-state index in [1.54, 1.807) is 18.4 Å². The number of rotatable bonds is 8. The Morgan fingerprint density at radius 2 is 1.97 bits per heavy atom. The summed E-state index contributed by atoms with van der Waals surface area (Å²) in [5.41, 5.74) is 2.78. The van der Waals surface area contributed by atoms with Gasteiger partial charge in [0.05, 0.1) is 31.5 Å².